The molecule has 4 aromatic carbocycles. The third-order valence-corrected chi connectivity index (χ3v) is 25.3. The maximum atomic E-state index is 13.0. The van der Waals surface area contributed by atoms with Gasteiger partial charge in [0.1, 0.15) is 12.6 Å². The minimum Gasteiger partial charge on any atom is -0.870 e. The van der Waals surface area contributed by atoms with Crippen molar-refractivity contribution >= 4 is 87.0 Å². The number of halogens is 2. The molecule has 744 valence electrons. The Morgan fingerprint density at radius 1 is 0.424 bits per heavy atom. The SMILES string of the molecule is C.C.Cc1c(C(=O)O)cc2cc(-c3cccc(CN(C)C)c3)cn2c1C(C)N1CCOCC1.Cc1c(C(=O)OC(C)C)cc2cc(-c3cccc(C=O)c3)cn2c1C(C)N1CCOCC1.Cc1c(C(=O)OC(C)C)cc2cc(-c3cccc(CN(C)C)c3)cn2c1C(C)N1CCOCC1.Cc1c(C(=O)OC(C)C)cc2cc(Br)cn2c1C(C)N1CCOCC1.O=Cc1cccc(B(O)O)c1.[2H]CF.[Na+].[OH-]. The molecule has 0 radical (unpaired) electrons. The van der Waals surface area contributed by atoms with Crippen molar-refractivity contribution in [2.24, 2.45) is 0 Å². The van der Waals surface area contributed by atoms with Gasteiger partial charge in [0.15, 0.2) is 0 Å². The number of carboxylic acid groups (broad SMARTS) is 1. The van der Waals surface area contributed by atoms with E-state index in [1.807, 2.05) is 112 Å². The molecule has 0 saturated carbocycles. The van der Waals surface area contributed by atoms with Crippen LogP contribution in [0.3, 0.4) is 0 Å². The number of esters is 3. The molecule has 12 heterocycles. The van der Waals surface area contributed by atoms with Crippen LogP contribution in [-0.2, 0) is 46.2 Å². The fourth-order valence-electron chi connectivity index (χ4n) is 18.3. The number of fused-ring (bicyclic) bond motifs is 4. The fraction of sp³-hybridized carbons (Fsp3) is 0.426. The van der Waals surface area contributed by atoms with Crippen molar-refractivity contribution in [3.8, 4) is 33.4 Å². The average molecular weight is 1990 g/mol. The van der Waals surface area contributed by atoms with Crippen molar-refractivity contribution in [2.75, 3.05) is 141 Å². The predicted octanol–water partition coefficient (Wildman–Crippen LogP) is 15.5. The summed E-state index contributed by atoms with van der Waals surface area (Å²) in [5.74, 6) is -1.71. The van der Waals surface area contributed by atoms with E-state index in [4.69, 9.17) is 44.6 Å². The molecule has 0 bridgehead atoms. The summed E-state index contributed by atoms with van der Waals surface area (Å²) >= 11 is 3.56. The number of carbonyl (C=O) groups excluding carboxylic acids is 5. The molecule has 4 N–H and O–H groups in total. The molecule has 0 amide bonds. The molecule has 31 heteroatoms. The summed E-state index contributed by atoms with van der Waals surface area (Å²) in [6, 6.07) is 47.4. The van der Waals surface area contributed by atoms with Gasteiger partial charge in [0, 0.05) is 192 Å². The third-order valence-electron chi connectivity index (χ3n) is 24.8. The van der Waals surface area contributed by atoms with E-state index in [0.29, 0.717) is 71.6 Å². The number of nitrogens with zero attached hydrogens (tertiary/aromatic N) is 10. The minimum absolute atomic E-state index is 0. The summed E-state index contributed by atoms with van der Waals surface area (Å²) in [4.78, 5) is 85.9. The Hall–Kier alpha value is -9.91. The van der Waals surface area contributed by atoms with Crippen molar-refractivity contribution < 1.29 is 118 Å². The topological polar surface area (TPSA) is 295 Å². The van der Waals surface area contributed by atoms with Gasteiger partial charge in [-0.2, -0.15) is 0 Å². The number of aromatic carboxylic acids is 1. The Labute approximate surface area is 851 Å². The first-order valence-corrected chi connectivity index (χ1v) is 47.0. The zero-order valence-corrected chi connectivity index (χ0v) is 86.3. The first-order valence-electron chi connectivity index (χ1n) is 46.9. The first-order chi connectivity index (χ1) is 65.0. The molecule has 8 aromatic heterocycles. The van der Waals surface area contributed by atoms with E-state index < -0.39 is 20.2 Å². The van der Waals surface area contributed by atoms with E-state index in [1.165, 1.54) is 28.8 Å². The summed E-state index contributed by atoms with van der Waals surface area (Å²) in [6.07, 6.45) is 9.54. The van der Waals surface area contributed by atoms with Crippen LogP contribution in [-0.4, -0.2) is 270 Å². The molecule has 4 atom stereocenters. The summed E-state index contributed by atoms with van der Waals surface area (Å²) < 4.78 is 64.0. The van der Waals surface area contributed by atoms with Crippen LogP contribution < -0.4 is 35.0 Å². The zero-order valence-electron chi connectivity index (χ0n) is 83.7. The van der Waals surface area contributed by atoms with E-state index in [2.05, 4.69) is 210 Å². The summed E-state index contributed by atoms with van der Waals surface area (Å²) in [5, 5.41) is 27.2. The van der Waals surface area contributed by atoms with Crippen molar-refractivity contribution in [1.29, 1.82) is 0 Å². The van der Waals surface area contributed by atoms with Crippen molar-refractivity contribution in [3.05, 3.63) is 264 Å². The molecule has 4 aliphatic rings. The number of benzene rings is 4. The van der Waals surface area contributed by atoms with E-state index >= 15 is 0 Å². The van der Waals surface area contributed by atoms with Crippen LogP contribution in [0.5, 0.6) is 0 Å². The number of hydrogen-bond donors (Lipinski definition) is 3. The van der Waals surface area contributed by atoms with Crippen LogP contribution in [0.25, 0.3) is 55.4 Å². The van der Waals surface area contributed by atoms with Gasteiger partial charge in [0.05, 0.1) is 102 Å². The van der Waals surface area contributed by atoms with Gasteiger partial charge in [0.25, 0.3) is 0 Å². The standard InChI is InChI=1S/C28H37N3O3.C26H30N2O4.C25H31N3O3.C19H25BrN2O3.C7H7BO3.CH3F.2CH4.Na.H2O/c1-19(2)34-28(32)26-16-25-15-24(23-9-7-8-22(14-23)17-29(5)6)18-31(25)27(20(26)3)21(4)30-10-12-33-13-11-30;1-17(2)32-26(30)24-14-23-13-22(21-7-5-6-20(12-21)16-29)15-28(23)25(18(24)3)19(4)27-8-10-31-11-9-27;1-17-23(25(29)30)14-22-13-21(20-7-5-6-19(12-20)15-26(3)4)16-28(22)24(17)18(2)27-8-10-31-11-9-27;1-12(2)25-19(23)17-10-16-9-15(20)11-22(16)18(13(17)3)14(4)21-5-7-24-8-6-21;9-5-6-2-1-3-7(4-6)8(10)11;1-2;;;;/h7-9,14-16,18-19,21H,10-13,17H2,1-6H3;5-7,12-17,19H,8-11H2,1-4H3;5-7,12-14,16,18H,8-11,15H2,1-4H3,(H,29,30);9-12,14H,5-8H2,1-4H3;1-5,10-11H;1H3;2*1H4;;1H2/q;;;;;;;;+1;/p-1/i;;;;;1D;;;;. The number of aldehydes is 2. The van der Waals surface area contributed by atoms with Gasteiger partial charge in [0.2, 0.25) is 0 Å². The van der Waals surface area contributed by atoms with Gasteiger partial charge >= 0.3 is 60.6 Å². The number of alkyl halides is 1. The van der Waals surface area contributed by atoms with E-state index in [-0.39, 0.29) is 110 Å². The Balaban J connectivity index is 0.000000241. The van der Waals surface area contributed by atoms with Gasteiger partial charge in [-0.05, 0) is 263 Å². The quantitative estimate of drug-likeness (QED) is 0.0207. The molecule has 4 unspecified atom stereocenters. The first kappa shape index (κ1) is 114. The second-order valence-electron chi connectivity index (χ2n) is 36.0. The van der Waals surface area contributed by atoms with Crippen LogP contribution in [0, 0.1) is 27.7 Å². The largest absolute Gasteiger partial charge is 1.00 e. The summed E-state index contributed by atoms with van der Waals surface area (Å²) in [5.41, 5.74) is 24.6. The number of rotatable bonds is 25. The molecule has 139 heavy (non-hydrogen) atoms. The molecule has 4 fully saturated rings. The Morgan fingerprint density at radius 2 is 0.698 bits per heavy atom. The van der Waals surface area contributed by atoms with Gasteiger partial charge in [-0.15, -0.1) is 0 Å². The fourth-order valence-corrected chi connectivity index (χ4v) is 18.7. The molecule has 4 aliphatic heterocycles. The van der Waals surface area contributed by atoms with E-state index in [0.717, 1.165) is 198 Å². The van der Waals surface area contributed by atoms with Gasteiger partial charge in [-0.25, -0.2) is 19.2 Å². The van der Waals surface area contributed by atoms with E-state index in [9.17, 15) is 38.3 Å². The third kappa shape index (κ3) is 29.6. The summed E-state index contributed by atoms with van der Waals surface area (Å²) in [7, 11) is 5.79. The molecule has 0 aliphatic carbocycles. The van der Waals surface area contributed by atoms with Crippen LogP contribution in [0.4, 0.5) is 4.39 Å². The normalized spacial score (nSPS) is 15.1. The number of hydrogen-bond acceptors (Lipinski definition) is 22. The van der Waals surface area contributed by atoms with Crippen molar-refractivity contribution in [2.45, 2.75) is 167 Å². The molecule has 27 nitrogen and oxygen atoms in total. The van der Waals surface area contributed by atoms with Crippen molar-refractivity contribution in [1.82, 2.24) is 47.0 Å². The molecule has 4 saturated heterocycles. The average Bonchev–Trinajstić information content (AvgIpc) is 1.60. The number of aromatic nitrogens is 4. The van der Waals surface area contributed by atoms with Crippen LogP contribution in [0.1, 0.15) is 228 Å². The molecular weight excluding hydrogens is 1840 g/mol. The number of carboxylic acids is 1. The number of pyridine rings is 4. The van der Waals surface area contributed by atoms with Crippen LogP contribution >= 0.6 is 15.9 Å². The second-order valence-corrected chi connectivity index (χ2v) is 37.0. The Morgan fingerprint density at radius 3 is 0.993 bits per heavy atom. The molecule has 12 aromatic rings. The molecule has 16 rings (SSSR count). The van der Waals surface area contributed by atoms with Gasteiger partial charge in [-0.1, -0.05) is 93.7 Å². The predicted molar refractivity (Wildman–Crippen MR) is 549 cm³/mol. The number of ether oxygens (including phenoxy) is 7. The van der Waals surface area contributed by atoms with Gasteiger partial charge in [-0.3, -0.25) is 33.6 Å². The Bertz CT molecular complexity index is 6120. The Kier molecular flexibility index (Phi) is 44.7. The van der Waals surface area contributed by atoms with Gasteiger partial charge < -0.3 is 81.2 Å². The molecular formula is C108H142BBrFN10NaO17. The molecule has 0 spiro atoms. The zero-order chi connectivity index (χ0) is 98.5. The monoisotopic (exact) mass is 1980 g/mol. The maximum Gasteiger partial charge on any atom is 1.00 e. The maximum absolute atomic E-state index is 13.0. The van der Waals surface area contributed by atoms with Crippen LogP contribution in [0.2, 0.25) is 0 Å². The second kappa shape index (κ2) is 54.4. The number of carbonyl (C=O) groups is 6. The summed E-state index contributed by atoms with van der Waals surface area (Å²) in [6.45, 7) is 42.5. The van der Waals surface area contributed by atoms with Crippen molar-refractivity contribution in [3.63, 3.8) is 0 Å². The van der Waals surface area contributed by atoms with Crippen LogP contribution in [0.15, 0.2) is 175 Å². The smallest absolute Gasteiger partial charge is 0.870 e. The minimum atomic E-state index is -1.50. The number of morpholine rings is 4. The van der Waals surface area contributed by atoms with E-state index in [1.54, 1.807) is 24.3 Å².